The summed E-state index contributed by atoms with van der Waals surface area (Å²) in [5.74, 6) is 2.39. The number of fused-ring (bicyclic) bond motifs is 2. The highest BCUT2D eigenvalue weighted by atomic mass is 35.5. The maximum absolute atomic E-state index is 6.46. The summed E-state index contributed by atoms with van der Waals surface area (Å²) in [4.78, 5) is 6.86. The monoisotopic (exact) mass is 384 g/mol. The molecule has 0 saturated carbocycles. The van der Waals surface area contributed by atoms with Gasteiger partial charge < -0.3 is 14.2 Å². The molecular weight excluding hydrogens is 364 g/mol. The van der Waals surface area contributed by atoms with Gasteiger partial charge in [0.15, 0.2) is 11.5 Å². The van der Waals surface area contributed by atoms with Crippen LogP contribution in [0.4, 0.5) is 0 Å². The van der Waals surface area contributed by atoms with Crippen LogP contribution in [0.3, 0.4) is 0 Å². The van der Waals surface area contributed by atoms with E-state index in [1.54, 1.807) is 7.11 Å². The number of benzene rings is 2. The van der Waals surface area contributed by atoms with E-state index in [2.05, 4.69) is 28.9 Å². The molecule has 2 aromatic carbocycles. The molecule has 1 aromatic heterocycles. The molecule has 2 heterocycles. The van der Waals surface area contributed by atoms with Crippen LogP contribution >= 0.6 is 11.6 Å². The smallest absolute Gasteiger partial charge is 0.231 e. The lowest BCUT2D eigenvalue weighted by Crippen LogP contribution is -2.22. The van der Waals surface area contributed by atoms with Crippen molar-refractivity contribution >= 4 is 22.5 Å². The number of halogens is 1. The summed E-state index contributed by atoms with van der Waals surface area (Å²) in [6, 6.07) is 14.0. The topological polar surface area (TPSA) is 43.8 Å². The molecule has 3 aromatic rings. The number of pyridine rings is 1. The Morgan fingerprint density at radius 1 is 1.07 bits per heavy atom. The van der Waals surface area contributed by atoms with Gasteiger partial charge in [-0.3, -0.25) is 4.90 Å². The number of hydrogen-bond acceptors (Lipinski definition) is 5. The van der Waals surface area contributed by atoms with Crippen molar-refractivity contribution in [2.75, 3.05) is 20.4 Å². The van der Waals surface area contributed by atoms with Crippen molar-refractivity contribution in [2.45, 2.75) is 20.0 Å². The van der Waals surface area contributed by atoms with E-state index in [9.17, 15) is 0 Å². The maximum Gasteiger partial charge on any atom is 0.231 e. The number of ether oxygens (including phenoxy) is 3. The normalized spacial score (nSPS) is 12.7. The maximum atomic E-state index is 6.46. The van der Waals surface area contributed by atoms with Crippen molar-refractivity contribution in [3.63, 3.8) is 0 Å². The summed E-state index contributed by atoms with van der Waals surface area (Å²) in [5, 5.41) is 1.58. The van der Waals surface area contributed by atoms with E-state index in [1.165, 1.54) is 5.56 Å². The zero-order valence-corrected chi connectivity index (χ0v) is 16.1. The second-order valence-corrected chi connectivity index (χ2v) is 6.85. The molecule has 0 bridgehead atoms. The molecule has 6 heteroatoms. The molecule has 0 amide bonds. The van der Waals surface area contributed by atoms with Crippen LogP contribution < -0.4 is 14.2 Å². The summed E-state index contributed by atoms with van der Waals surface area (Å²) in [7, 11) is 1.65. The van der Waals surface area contributed by atoms with E-state index in [1.807, 2.05) is 30.3 Å². The Morgan fingerprint density at radius 3 is 2.74 bits per heavy atom. The standard InChI is InChI=1S/C21H21ClN2O3/c1-3-24(11-14-4-7-19-20(8-14)27-13-26-19)12-16-9-15-5-6-17(25-2)10-18(15)23-21(16)22/h4-10H,3,11-13H2,1-2H3. The Kier molecular flexibility index (Phi) is 5.05. The van der Waals surface area contributed by atoms with E-state index >= 15 is 0 Å². The highest BCUT2D eigenvalue weighted by molar-refractivity contribution is 6.30. The minimum atomic E-state index is 0.291. The summed E-state index contributed by atoms with van der Waals surface area (Å²) in [6.07, 6.45) is 0. The highest BCUT2D eigenvalue weighted by Crippen LogP contribution is 2.33. The first kappa shape index (κ1) is 17.9. The van der Waals surface area contributed by atoms with Crippen LogP contribution in [0.15, 0.2) is 42.5 Å². The van der Waals surface area contributed by atoms with Gasteiger partial charge in [0.25, 0.3) is 0 Å². The van der Waals surface area contributed by atoms with Gasteiger partial charge in [0.1, 0.15) is 10.9 Å². The van der Waals surface area contributed by atoms with Crippen LogP contribution in [0.1, 0.15) is 18.1 Å². The van der Waals surface area contributed by atoms with Crippen LogP contribution in [0.25, 0.3) is 10.9 Å². The van der Waals surface area contributed by atoms with E-state index in [-0.39, 0.29) is 0 Å². The molecule has 1 aliphatic heterocycles. The molecule has 27 heavy (non-hydrogen) atoms. The predicted molar refractivity (Wildman–Crippen MR) is 106 cm³/mol. The third-order valence-corrected chi connectivity index (χ3v) is 5.06. The van der Waals surface area contributed by atoms with Gasteiger partial charge in [-0.25, -0.2) is 4.98 Å². The molecule has 0 radical (unpaired) electrons. The average Bonchev–Trinajstić information content (AvgIpc) is 3.15. The van der Waals surface area contributed by atoms with Crippen LogP contribution in [-0.4, -0.2) is 30.3 Å². The summed E-state index contributed by atoms with van der Waals surface area (Å²) in [6.45, 7) is 4.84. The molecule has 0 aliphatic carbocycles. The third kappa shape index (κ3) is 3.80. The average molecular weight is 385 g/mol. The van der Waals surface area contributed by atoms with Gasteiger partial charge in [0.05, 0.1) is 12.6 Å². The lowest BCUT2D eigenvalue weighted by molar-refractivity contribution is 0.174. The Bertz CT molecular complexity index is 977. The Balaban J connectivity index is 1.55. The second-order valence-electron chi connectivity index (χ2n) is 6.49. The fourth-order valence-electron chi connectivity index (χ4n) is 3.22. The zero-order chi connectivity index (χ0) is 18.8. The molecule has 0 N–H and O–H groups in total. The second kappa shape index (κ2) is 7.62. The van der Waals surface area contributed by atoms with Crippen LogP contribution in [0.2, 0.25) is 5.15 Å². The number of nitrogens with zero attached hydrogens (tertiary/aromatic N) is 2. The number of hydrogen-bond donors (Lipinski definition) is 0. The molecule has 0 unspecified atom stereocenters. The molecule has 0 saturated heterocycles. The Hall–Kier alpha value is -2.50. The Labute approximate surface area is 163 Å². The van der Waals surface area contributed by atoms with E-state index < -0.39 is 0 Å². The van der Waals surface area contributed by atoms with Crippen molar-refractivity contribution in [2.24, 2.45) is 0 Å². The molecule has 140 valence electrons. The first-order valence-electron chi connectivity index (χ1n) is 8.90. The Morgan fingerprint density at radius 2 is 1.93 bits per heavy atom. The van der Waals surface area contributed by atoms with Crippen LogP contribution in [0, 0.1) is 0 Å². The fraction of sp³-hybridized carbons (Fsp3) is 0.286. The van der Waals surface area contributed by atoms with E-state index in [4.69, 9.17) is 25.8 Å². The zero-order valence-electron chi connectivity index (χ0n) is 15.4. The summed E-state index contributed by atoms with van der Waals surface area (Å²) in [5.41, 5.74) is 3.02. The van der Waals surface area contributed by atoms with Crippen LogP contribution in [0.5, 0.6) is 17.2 Å². The minimum absolute atomic E-state index is 0.291. The molecule has 0 spiro atoms. The number of rotatable bonds is 6. The summed E-state index contributed by atoms with van der Waals surface area (Å²) < 4.78 is 16.1. The summed E-state index contributed by atoms with van der Waals surface area (Å²) >= 11 is 6.46. The van der Waals surface area contributed by atoms with E-state index in [0.29, 0.717) is 11.9 Å². The predicted octanol–water partition coefficient (Wildman–Crippen LogP) is 4.65. The fourth-order valence-corrected chi connectivity index (χ4v) is 3.43. The lowest BCUT2D eigenvalue weighted by Gasteiger charge is -2.21. The SMILES string of the molecule is CCN(Cc1ccc2c(c1)OCO2)Cc1cc2ccc(OC)cc2nc1Cl. The van der Waals surface area contributed by atoms with Crippen molar-refractivity contribution in [3.8, 4) is 17.2 Å². The lowest BCUT2D eigenvalue weighted by atomic mass is 10.1. The highest BCUT2D eigenvalue weighted by Gasteiger charge is 2.15. The van der Waals surface area contributed by atoms with Gasteiger partial charge in [-0.2, -0.15) is 0 Å². The molecule has 0 fully saturated rings. The van der Waals surface area contributed by atoms with E-state index in [0.717, 1.165) is 53.3 Å². The number of methoxy groups -OCH3 is 1. The molecule has 0 atom stereocenters. The molecule has 1 aliphatic rings. The van der Waals surface area contributed by atoms with Crippen molar-refractivity contribution in [3.05, 3.63) is 58.7 Å². The molecular formula is C21H21ClN2O3. The first-order valence-corrected chi connectivity index (χ1v) is 9.28. The third-order valence-electron chi connectivity index (χ3n) is 4.74. The molecule has 4 rings (SSSR count). The van der Waals surface area contributed by atoms with Gasteiger partial charge in [-0.15, -0.1) is 0 Å². The largest absolute Gasteiger partial charge is 0.497 e. The quantitative estimate of drug-likeness (QED) is 0.579. The van der Waals surface area contributed by atoms with Gasteiger partial charge in [-0.1, -0.05) is 24.6 Å². The van der Waals surface area contributed by atoms with Gasteiger partial charge in [0.2, 0.25) is 6.79 Å². The van der Waals surface area contributed by atoms with Crippen LogP contribution in [-0.2, 0) is 13.1 Å². The van der Waals surface area contributed by atoms with Crippen molar-refractivity contribution in [1.82, 2.24) is 9.88 Å². The van der Waals surface area contributed by atoms with Crippen molar-refractivity contribution in [1.29, 1.82) is 0 Å². The minimum Gasteiger partial charge on any atom is -0.497 e. The first-order chi connectivity index (χ1) is 13.2. The molecule has 5 nitrogen and oxygen atoms in total. The number of aromatic nitrogens is 1. The van der Waals surface area contributed by atoms with Gasteiger partial charge in [-0.05, 0) is 42.4 Å². The van der Waals surface area contributed by atoms with Crippen molar-refractivity contribution < 1.29 is 14.2 Å². The van der Waals surface area contributed by atoms with Gasteiger partial charge in [0, 0.05) is 30.1 Å². The van der Waals surface area contributed by atoms with Gasteiger partial charge >= 0.3 is 0 Å².